The van der Waals surface area contributed by atoms with E-state index in [9.17, 15) is 0 Å². The second-order valence-electron chi connectivity index (χ2n) is 6.36. The average Bonchev–Trinajstić information content (AvgIpc) is 2.44. The molecule has 4 nitrogen and oxygen atoms in total. The Kier molecular flexibility index (Phi) is 17.2. The van der Waals surface area contributed by atoms with Gasteiger partial charge in [-0.25, -0.2) is 0 Å². The van der Waals surface area contributed by atoms with Crippen molar-refractivity contribution >= 4 is 28.8 Å². The van der Waals surface area contributed by atoms with Gasteiger partial charge in [-0.15, -0.1) is 0 Å². The van der Waals surface area contributed by atoms with Crippen molar-refractivity contribution in [2.45, 2.75) is 96.8 Å². The van der Waals surface area contributed by atoms with Gasteiger partial charge in [-0.2, -0.15) is 8.42 Å². The molecule has 0 saturated heterocycles. The molecule has 0 aromatic carbocycles. The molecule has 0 aliphatic rings. The van der Waals surface area contributed by atoms with E-state index in [0.717, 1.165) is 0 Å². The standard InChI is InChI=1S/4C4H9.H2O4S.Sn/c4*1-3-4-2;1-5(2,3)4;/h4*1,3-4H2,2H3;(H2,1,2,3,4);. The predicted molar refractivity (Wildman–Crippen MR) is 98.8 cm³/mol. The third-order valence-corrected chi connectivity index (χ3v) is 20.4. The molecular formula is C16H38O4SSn. The van der Waals surface area contributed by atoms with Crippen LogP contribution < -0.4 is 0 Å². The summed E-state index contributed by atoms with van der Waals surface area (Å²) in [5.74, 6) is 0. The van der Waals surface area contributed by atoms with Gasteiger partial charge in [0.2, 0.25) is 0 Å². The van der Waals surface area contributed by atoms with Crippen molar-refractivity contribution in [1.29, 1.82) is 0 Å². The molecule has 0 saturated carbocycles. The molecule has 0 aliphatic carbocycles. The van der Waals surface area contributed by atoms with Crippen molar-refractivity contribution in [3.63, 3.8) is 0 Å². The summed E-state index contributed by atoms with van der Waals surface area (Å²) in [5, 5.41) is 0. The minimum atomic E-state index is -4.67. The van der Waals surface area contributed by atoms with Gasteiger partial charge in [0, 0.05) is 0 Å². The van der Waals surface area contributed by atoms with Crippen LogP contribution in [0.3, 0.4) is 0 Å². The first kappa shape index (κ1) is 24.9. The third kappa shape index (κ3) is 18.7. The van der Waals surface area contributed by atoms with E-state index in [1.54, 1.807) is 17.7 Å². The van der Waals surface area contributed by atoms with Crippen LogP contribution in [0.4, 0.5) is 0 Å². The van der Waals surface area contributed by atoms with Gasteiger partial charge in [-0.1, -0.05) is 0 Å². The summed E-state index contributed by atoms with van der Waals surface area (Å²) in [6, 6.07) is 0. The van der Waals surface area contributed by atoms with Crippen LogP contribution in [0.25, 0.3) is 0 Å². The van der Waals surface area contributed by atoms with E-state index in [1.165, 1.54) is 51.4 Å². The maximum absolute atomic E-state index is 8.74. The molecule has 0 heterocycles. The van der Waals surface area contributed by atoms with Crippen molar-refractivity contribution in [2.24, 2.45) is 0 Å². The normalized spacial score (nSPS) is 11.9. The Morgan fingerprint density at radius 1 is 0.636 bits per heavy atom. The molecule has 0 spiro atoms. The van der Waals surface area contributed by atoms with Crippen LogP contribution in [0, 0.1) is 0 Å². The molecule has 2 N–H and O–H groups in total. The number of hydrogen-bond donors (Lipinski definition) is 2. The second kappa shape index (κ2) is 15.2. The first-order valence-electron chi connectivity index (χ1n) is 8.94. The van der Waals surface area contributed by atoms with Gasteiger partial charge in [0.25, 0.3) is 0 Å². The molecule has 0 fully saturated rings. The Morgan fingerprint density at radius 2 is 0.818 bits per heavy atom. The zero-order valence-corrected chi connectivity index (χ0v) is 18.8. The molecule has 6 heteroatoms. The Bertz CT molecular complexity index is 286. The maximum Gasteiger partial charge on any atom is 0.394 e. The molecule has 0 unspecified atom stereocenters. The van der Waals surface area contributed by atoms with Crippen molar-refractivity contribution in [3.8, 4) is 0 Å². The van der Waals surface area contributed by atoms with E-state index >= 15 is 0 Å². The van der Waals surface area contributed by atoms with Gasteiger partial charge in [0.05, 0.1) is 0 Å². The Morgan fingerprint density at radius 3 is 0.955 bits per heavy atom. The molecule has 136 valence electrons. The fraction of sp³-hybridized carbons (Fsp3) is 1.00. The zero-order chi connectivity index (χ0) is 17.5. The largest absolute Gasteiger partial charge is 0.394 e. The fourth-order valence-corrected chi connectivity index (χ4v) is 19.8. The molecule has 0 aromatic heterocycles. The third-order valence-electron chi connectivity index (χ3n) is 4.24. The number of hydrogen-bond acceptors (Lipinski definition) is 2. The van der Waals surface area contributed by atoms with E-state index in [4.69, 9.17) is 17.5 Å². The second-order valence-corrected chi connectivity index (χ2v) is 21.5. The summed E-state index contributed by atoms with van der Waals surface area (Å²) >= 11 is -1.69. The van der Waals surface area contributed by atoms with Gasteiger partial charge in [-0.3, -0.25) is 9.11 Å². The smallest absolute Gasteiger partial charge is 0.264 e. The van der Waals surface area contributed by atoms with E-state index < -0.39 is 28.8 Å². The molecule has 22 heavy (non-hydrogen) atoms. The molecule has 0 aromatic rings. The van der Waals surface area contributed by atoms with E-state index in [1.807, 2.05) is 0 Å². The van der Waals surface area contributed by atoms with Crippen molar-refractivity contribution in [1.82, 2.24) is 0 Å². The van der Waals surface area contributed by atoms with Gasteiger partial charge in [-0.05, 0) is 0 Å². The molecule has 0 rings (SSSR count). The summed E-state index contributed by atoms with van der Waals surface area (Å²) in [6.07, 6.45) is 11.8. The van der Waals surface area contributed by atoms with E-state index in [2.05, 4.69) is 27.7 Å². The van der Waals surface area contributed by atoms with Crippen molar-refractivity contribution in [3.05, 3.63) is 0 Å². The van der Waals surface area contributed by atoms with Gasteiger partial charge in [0.15, 0.2) is 0 Å². The molecule has 0 bridgehead atoms. The first-order valence-corrected chi connectivity index (χ1v) is 18.4. The van der Waals surface area contributed by atoms with Gasteiger partial charge >= 0.3 is 126 Å². The summed E-state index contributed by atoms with van der Waals surface area (Å²) in [7, 11) is -4.67. The Balaban J connectivity index is 0. The van der Waals surface area contributed by atoms with Crippen LogP contribution in [-0.4, -0.2) is 35.9 Å². The van der Waals surface area contributed by atoms with Crippen LogP contribution >= 0.6 is 0 Å². The van der Waals surface area contributed by atoms with Crippen molar-refractivity contribution in [2.75, 3.05) is 0 Å². The van der Waals surface area contributed by atoms with Gasteiger partial charge < -0.3 is 0 Å². The molecule has 0 radical (unpaired) electrons. The minimum Gasteiger partial charge on any atom is -0.264 e. The Hall–Kier alpha value is 0.669. The zero-order valence-electron chi connectivity index (χ0n) is 15.1. The maximum atomic E-state index is 8.74. The van der Waals surface area contributed by atoms with E-state index in [-0.39, 0.29) is 0 Å². The van der Waals surface area contributed by atoms with Crippen LogP contribution in [-0.2, 0) is 10.4 Å². The van der Waals surface area contributed by atoms with Crippen molar-refractivity contribution < 1.29 is 17.5 Å². The van der Waals surface area contributed by atoms with Gasteiger partial charge in [0.1, 0.15) is 0 Å². The summed E-state index contributed by atoms with van der Waals surface area (Å²) in [5.41, 5.74) is 0. The minimum absolute atomic E-state index is 1.42. The Labute approximate surface area is 142 Å². The summed E-state index contributed by atoms with van der Waals surface area (Å²) in [4.78, 5) is 0. The molecular weight excluding hydrogens is 407 g/mol. The quantitative estimate of drug-likeness (QED) is 0.286. The van der Waals surface area contributed by atoms with E-state index in [0.29, 0.717) is 0 Å². The van der Waals surface area contributed by atoms with Crippen LogP contribution in [0.1, 0.15) is 79.1 Å². The van der Waals surface area contributed by atoms with Crippen LogP contribution in [0.15, 0.2) is 0 Å². The van der Waals surface area contributed by atoms with Crippen LogP contribution in [0.2, 0.25) is 17.7 Å². The SMILES string of the molecule is CCC[CH2][Sn]([CH2]CCC)([CH2]CCC)[CH2]CCC.O=S(=O)(O)O. The molecule has 0 aliphatic heterocycles. The summed E-state index contributed by atoms with van der Waals surface area (Å²) in [6.45, 7) is 9.48. The fourth-order valence-electron chi connectivity index (χ4n) is 2.96. The molecule has 0 amide bonds. The number of unbranched alkanes of at least 4 members (excludes halogenated alkanes) is 4. The number of rotatable bonds is 12. The topological polar surface area (TPSA) is 74.6 Å². The first-order chi connectivity index (χ1) is 10.2. The molecule has 0 atom stereocenters. The summed E-state index contributed by atoms with van der Waals surface area (Å²) < 4.78 is 38.4. The monoisotopic (exact) mass is 446 g/mol. The predicted octanol–water partition coefficient (Wildman–Crippen LogP) is 5.98. The average molecular weight is 445 g/mol. The van der Waals surface area contributed by atoms with Crippen LogP contribution in [0.5, 0.6) is 0 Å².